The van der Waals surface area contributed by atoms with Crippen molar-refractivity contribution in [3.8, 4) is 0 Å². The largest absolute Gasteiger partial charge is 0.212 e. The first-order chi connectivity index (χ1) is 7.49. The molecule has 86 valence electrons. The van der Waals surface area contributed by atoms with Crippen LogP contribution in [-0.2, 0) is 6.42 Å². The maximum atomic E-state index is 6.24. The van der Waals surface area contributed by atoms with Crippen molar-refractivity contribution in [2.75, 3.05) is 0 Å². The lowest BCUT2D eigenvalue weighted by atomic mass is 10.1. The number of pyridine rings is 1. The molecule has 0 fully saturated rings. The summed E-state index contributed by atoms with van der Waals surface area (Å²) in [5, 5.41) is 5.09. The molecule has 2 rings (SSSR count). The Kier molecular flexibility index (Phi) is 2.89. The normalized spacial score (nSPS) is 11.6. The molecule has 0 unspecified atom stereocenters. The summed E-state index contributed by atoms with van der Waals surface area (Å²) in [6, 6.07) is 2.03. The Morgan fingerprint density at radius 3 is 2.69 bits per heavy atom. The average molecular weight is 238 g/mol. The van der Waals surface area contributed by atoms with Crippen molar-refractivity contribution in [2.24, 2.45) is 5.92 Å². The number of rotatable bonds is 2. The maximum absolute atomic E-state index is 6.24. The van der Waals surface area contributed by atoms with E-state index in [9.17, 15) is 0 Å². The summed E-state index contributed by atoms with van der Waals surface area (Å²) in [5.41, 5.74) is 3.06. The quantitative estimate of drug-likeness (QED) is 0.751. The molecule has 0 aliphatic rings. The van der Waals surface area contributed by atoms with Gasteiger partial charge in [0.1, 0.15) is 5.15 Å². The molecule has 2 heterocycles. The van der Waals surface area contributed by atoms with Crippen molar-refractivity contribution < 1.29 is 0 Å². The van der Waals surface area contributed by atoms with Crippen LogP contribution in [0.15, 0.2) is 6.07 Å². The first-order valence-electron chi connectivity index (χ1n) is 5.50. The van der Waals surface area contributed by atoms with Crippen LogP contribution >= 0.6 is 11.6 Å². The molecule has 0 atom stereocenters. The minimum absolute atomic E-state index is 0.554. The van der Waals surface area contributed by atoms with E-state index in [1.54, 1.807) is 4.52 Å². The zero-order chi connectivity index (χ0) is 11.9. The molecule has 0 spiro atoms. The Balaban J connectivity index is 2.57. The van der Waals surface area contributed by atoms with E-state index >= 15 is 0 Å². The lowest BCUT2D eigenvalue weighted by Crippen LogP contribution is -1.98. The zero-order valence-corrected chi connectivity index (χ0v) is 10.8. The number of aromatic nitrogens is 3. The molecule has 3 nitrogen and oxygen atoms in total. The lowest BCUT2D eigenvalue weighted by molar-refractivity contribution is 0.620. The Hall–Kier alpha value is -1.09. The van der Waals surface area contributed by atoms with Crippen LogP contribution in [0.4, 0.5) is 0 Å². The van der Waals surface area contributed by atoms with Crippen molar-refractivity contribution >= 4 is 17.2 Å². The molecule has 0 saturated carbocycles. The molecule has 0 amide bonds. The number of fused-ring (bicyclic) bond motifs is 1. The van der Waals surface area contributed by atoms with Crippen molar-refractivity contribution in [1.29, 1.82) is 0 Å². The van der Waals surface area contributed by atoms with Crippen LogP contribution in [0.2, 0.25) is 5.15 Å². The van der Waals surface area contributed by atoms with Crippen molar-refractivity contribution in [1.82, 2.24) is 14.6 Å². The molecule has 4 heteroatoms. The molecule has 0 bridgehead atoms. The number of halogens is 1. The van der Waals surface area contributed by atoms with Crippen LogP contribution in [0.1, 0.15) is 30.8 Å². The molecular formula is C12H16ClN3. The summed E-state index contributed by atoms with van der Waals surface area (Å²) in [6.07, 6.45) is 0.885. The second kappa shape index (κ2) is 4.06. The van der Waals surface area contributed by atoms with E-state index in [0.29, 0.717) is 11.1 Å². The molecule has 0 aromatic carbocycles. The second-order valence-corrected chi connectivity index (χ2v) is 5.00. The average Bonchev–Trinajstić information content (AvgIpc) is 2.56. The minimum atomic E-state index is 0.554. The van der Waals surface area contributed by atoms with E-state index in [1.165, 1.54) is 0 Å². The van der Waals surface area contributed by atoms with Crippen molar-refractivity contribution in [3.63, 3.8) is 0 Å². The van der Waals surface area contributed by atoms with Gasteiger partial charge in [-0.1, -0.05) is 25.4 Å². The molecule has 2 aromatic rings. The number of nitrogens with zero attached hydrogens (tertiary/aromatic N) is 3. The molecule has 2 aromatic heterocycles. The lowest BCUT2D eigenvalue weighted by Gasteiger charge is -2.03. The highest BCUT2D eigenvalue weighted by atomic mass is 35.5. The van der Waals surface area contributed by atoms with Crippen LogP contribution in [0.3, 0.4) is 0 Å². The van der Waals surface area contributed by atoms with E-state index in [-0.39, 0.29) is 0 Å². The molecule has 0 saturated heterocycles. The van der Waals surface area contributed by atoms with E-state index in [0.717, 1.165) is 29.0 Å². The summed E-state index contributed by atoms with van der Waals surface area (Å²) >= 11 is 6.24. The standard InChI is InChI=1S/C12H16ClN3/c1-7(2)5-10-14-11-6-8(3)9(4)12(13)16(11)15-10/h6-7H,5H2,1-4H3. The Labute approximate surface area is 100 Å². The number of aryl methyl sites for hydroxylation is 1. The fraction of sp³-hybridized carbons (Fsp3) is 0.500. The van der Waals surface area contributed by atoms with Gasteiger partial charge in [-0.25, -0.2) is 9.50 Å². The molecular weight excluding hydrogens is 222 g/mol. The predicted octanol–water partition coefficient (Wildman–Crippen LogP) is 3.20. The molecule has 0 aliphatic heterocycles. The van der Waals surface area contributed by atoms with E-state index in [1.807, 2.05) is 19.9 Å². The van der Waals surface area contributed by atoms with E-state index in [2.05, 4.69) is 23.9 Å². The van der Waals surface area contributed by atoms with Crippen LogP contribution in [0.5, 0.6) is 0 Å². The Morgan fingerprint density at radius 2 is 2.06 bits per heavy atom. The smallest absolute Gasteiger partial charge is 0.157 e. The van der Waals surface area contributed by atoms with Gasteiger partial charge in [0.05, 0.1) is 0 Å². The van der Waals surface area contributed by atoms with Gasteiger partial charge >= 0.3 is 0 Å². The molecule has 0 N–H and O–H groups in total. The highest BCUT2D eigenvalue weighted by molar-refractivity contribution is 6.30. The van der Waals surface area contributed by atoms with Crippen LogP contribution in [0.25, 0.3) is 5.65 Å². The van der Waals surface area contributed by atoms with Crippen LogP contribution < -0.4 is 0 Å². The second-order valence-electron chi connectivity index (χ2n) is 4.64. The van der Waals surface area contributed by atoms with Crippen molar-refractivity contribution in [3.05, 3.63) is 28.2 Å². The highest BCUT2D eigenvalue weighted by Crippen LogP contribution is 2.21. The maximum Gasteiger partial charge on any atom is 0.157 e. The minimum Gasteiger partial charge on any atom is -0.212 e. The van der Waals surface area contributed by atoms with Gasteiger partial charge in [-0.05, 0) is 37.0 Å². The topological polar surface area (TPSA) is 30.2 Å². The first kappa shape index (κ1) is 11.4. The van der Waals surface area contributed by atoms with Gasteiger partial charge in [-0.2, -0.15) is 0 Å². The van der Waals surface area contributed by atoms with Gasteiger partial charge in [-0.3, -0.25) is 0 Å². The summed E-state index contributed by atoms with van der Waals surface area (Å²) in [7, 11) is 0. The van der Waals surface area contributed by atoms with Crippen molar-refractivity contribution in [2.45, 2.75) is 34.1 Å². The van der Waals surface area contributed by atoms with Gasteiger partial charge < -0.3 is 0 Å². The summed E-state index contributed by atoms with van der Waals surface area (Å²) in [5.74, 6) is 1.42. The third kappa shape index (κ3) is 1.92. The van der Waals surface area contributed by atoms with Crippen LogP contribution in [-0.4, -0.2) is 14.6 Å². The third-order valence-electron chi connectivity index (χ3n) is 2.70. The SMILES string of the molecule is Cc1cc2nc(CC(C)C)nn2c(Cl)c1C. The first-order valence-corrected chi connectivity index (χ1v) is 5.88. The fourth-order valence-electron chi connectivity index (χ4n) is 1.68. The van der Waals surface area contributed by atoms with Gasteiger partial charge in [0.15, 0.2) is 11.5 Å². The van der Waals surface area contributed by atoms with E-state index < -0.39 is 0 Å². The number of hydrogen-bond donors (Lipinski definition) is 0. The molecule has 0 radical (unpaired) electrons. The van der Waals surface area contributed by atoms with Gasteiger partial charge in [-0.15, -0.1) is 5.10 Å². The fourth-order valence-corrected chi connectivity index (χ4v) is 1.95. The van der Waals surface area contributed by atoms with Crippen LogP contribution in [0, 0.1) is 19.8 Å². The summed E-state index contributed by atoms with van der Waals surface area (Å²) < 4.78 is 1.72. The third-order valence-corrected chi connectivity index (χ3v) is 3.14. The predicted molar refractivity (Wildman–Crippen MR) is 66.0 cm³/mol. The van der Waals surface area contributed by atoms with E-state index in [4.69, 9.17) is 11.6 Å². The molecule has 16 heavy (non-hydrogen) atoms. The molecule has 0 aliphatic carbocycles. The number of hydrogen-bond acceptors (Lipinski definition) is 2. The highest BCUT2D eigenvalue weighted by Gasteiger charge is 2.11. The zero-order valence-electron chi connectivity index (χ0n) is 10.1. The Bertz CT molecular complexity index is 529. The Morgan fingerprint density at radius 1 is 1.38 bits per heavy atom. The van der Waals surface area contributed by atoms with Gasteiger partial charge in [0.25, 0.3) is 0 Å². The van der Waals surface area contributed by atoms with Gasteiger partial charge in [0, 0.05) is 6.42 Å². The summed E-state index contributed by atoms with van der Waals surface area (Å²) in [4.78, 5) is 4.48. The van der Waals surface area contributed by atoms with Gasteiger partial charge in [0.2, 0.25) is 0 Å². The summed E-state index contributed by atoms with van der Waals surface area (Å²) in [6.45, 7) is 8.35. The monoisotopic (exact) mass is 237 g/mol.